The third-order valence-electron chi connectivity index (χ3n) is 4.35. The Kier molecular flexibility index (Phi) is 4.05. The summed E-state index contributed by atoms with van der Waals surface area (Å²) in [5.41, 5.74) is 0. The van der Waals surface area contributed by atoms with Crippen molar-refractivity contribution in [2.45, 2.75) is 57.2 Å². The molecule has 4 heteroatoms. The lowest BCUT2D eigenvalue weighted by atomic mass is 9.89. The number of nitrogens with zero attached hydrogens (tertiary/aromatic N) is 1. The number of likely N-dealkylation sites (N-methyl/N-ethyl adjacent to an activating group) is 1. The van der Waals surface area contributed by atoms with E-state index in [1.807, 2.05) is 6.92 Å². The molecule has 0 aromatic rings. The minimum Gasteiger partial charge on any atom is -0.394 e. The van der Waals surface area contributed by atoms with Gasteiger partial charge >= 0.3 is 0 Å². The highest BCUT2D eigenvalue weighted by Gasteiger charge is 2.34. The van der Waals surface area contributed by atoms with Gasteiger partial charge in [0.2, 0.25) is 5.91 Å². The van der Waals surface area contributed by atoms with Gasteiger partial charge in [0.1, 0.15) is 0 Å². The number of aliphatic hydroxyl groups excluding tert-OH is 1. The van der Waals surface area contributed by atoms with E-state index in [2.05, 4.69) is 5.32 Å². The molecule has 3 unspecified atom stereocenters. The topological polar surface area (TPSA) is 52.6 Å². The lowest BCUT2D eigenvalue weighted by Gasteiger charge is -2.31. The van der Waals surface area contributed by atoms with Crippen molar-refractivity contribution in [1.29, 1.82) is 0 Å². The van der Waals surface area contributed by atoms with Crippen LogP contribution < -0.4 is 5.32 Å². The van der Waals surface area contributed by atoms with Crippen LogP contribution in [0.1, 0.15) is 39.0 Å². The molecule has 2 N–H and O–H groups in total. The molecule has 2 bridgehead atoms. The molecule has 2 heterocycles. The predicted octanol–water partition coefficient (Wildman–Crippen LogP) is 0.746. The quantitative estimate of drug-likeness (QED) is 0.762. The normalized spacial score (nSPS) is 33.5. The SMILES string of the molecule is CC(CO)N(C)C(=O)CC1CC2CCC(C1)N2. The summed E-state index contributed by atoms with van der Waals surface area (Å²) in [6.45, 7) is 1.92. The fourth-order valence-electron chi connectivity index (χ4n) is 3.10. The van der Waals surface area contributed by atoms with Gasteiger partial charge in [0.25, 0.3) is 0 Å². The van der Waals surface area contributed by atoms with Crippen molar-refractivity contribution in [3.63, 3.8) is 0 Å². The van der Waals surface area contributed by atoms with Crippen LogP contribution in [0, 0.1) is 5.92 Å². The third kappa shape index (κ3) is 2.99. The highest BCUT2D eigenvalue weighted by atomic mass is 16.3. The first-order chi connectivity index (χ1) is 8.10. The number of nitrogens with one attached hydrogen (secondary N) is 1. The predicted molar refractivity (Wildman–Crippen MR) is 66.6 cm³/mol. The number of piperidine rings is 1. The van der Waals surface area contributed by atoms with E-state index in [1.165, 1.54) is 12.8 Å². The first-order valence-electron chi connectivity index (χ1n) is 6.72. The minimum atomic E-state index is -0.0686. The number of hydrogen-bond donors (Lipinski definition) is 2. The smallest absolute Gasteiger partial charge is 0.222 e. The van der Waals surface area contributed by atoms with E-state index in [-0.39, 0.29) is 18.6 Å². The van der Waals surface area contributed by atoms with Gasteiger partial charge in [0, 0.05) is 25.6 Å². The van der Waals surface area contributed by atoms with E-state index in [4.69, 9.17) is 5.11 Å². The maximum Gasteiger partial charge on any atom is 0.222 e. The Morgan fingerprint density at radius 1 is 1.41 bits per heavy atom. The molecule has 2 aliphatic rings. The maximum atomic E-state index is 12.0. The van der Waals surface area contributed by atoms with E-state index in [9.17, 15) is 4.79 Å². The van der Waals surface area contributed by atoms with E-state index >= 15 is 0 Å². The molecule has 0 saturated carbocycles. The zero-order chi connectivity index (χ0) is 12.4. The molecule has 2 aliphatic heterocycles. The molecule has 4 nitrogen and oxygen atoms in total. The van der Waals surface area contributed by atoms with Crippen molar-refractivity contribution >= 4 is 5.91 Å². The van der Waals surface area contributed by atoms with Gasteiger partial charge in [-0.3, -0.25) is 4.79 Å². The number of aliphatic hydroxyl groups is 1. The van der Waals surface area contributed by atoms with Gasteiger partial charge in [-0.25, -0.2) is 0 Å². The second kappa shape index (κ2) is 5.36. The molecular formula is C13H24N2O2. The molecule has 2 rings (SSSR count). The number of fused-ring (bicyclic) bond motifs is 2. The largest absolute Gasteiger partial charge is 0.394 e. The van der Waals surface area contributed by atoms with E-state index in [0.29, 0.717) is 24.4 Å². The molecule has 3 atom stereocenters. The van der Waals surface area contributed by atoms with E-state index in [0.717, 1.165) is 12.8 Å². The molecule has 0 radical (unpaired) electrons. The molecule has 17 heavy (non-hydrogen) atoms. The standard InChI is InChI=1S/C13H24N2O2/c1-9(8-16)15(2)13(17)7-10-5-11-3-4-12(6-10)14-11/h9-12,14,16H,3-8H2,1-2H3. The van der Waals surface area contributed by atoms with Gasteiger partial charge in [-0.2, -0.15) is 0 Å². The molecule has 0 spiro atoms. The maximum absolute atomic E-state index is 12.0. The summed E-state index contributed by atoms with van der Waals surface area (Å²) in [5, 5.41) is 12.6. The molecule has 0 aliphatic carbocycles. The zero-order valence-electron chi connectivity index (χ0n) is 10.9. The fraction of sp³-hybridized carbons (Fsp3) is 0.923. The lowest BCUT2D eigenvalue weighted by molar-refractivity contribution is -0.133. The number of carbonyl (C=O) groups is 1. The molecule has 0 aromatic carbocycles. The molecule has 98 valence electrons. The van der Waals surface area contributed by atoms with Crippen molar-refractivity contribution in [3.05, 3.63) is 0 Å². The van der Waals surface area contributed by atoms with Crippen LogP contribution in [0.15, 0.2) is 0 Å². The molecule has 1 amide bonds. The monoisotopic (exact) mass is 240 g/mol. The average molecular weight is 240 g/mol. The van der Waals surface area contributed by atoms with Crippen LogP contribution in [-0.4, -0.2) is 47.7 Å². The Labute approximate surface area is 103 Å². The summed E-state index contributed by atoms with van der Waals surface area (Å²) < 4.78 is 0. The summed E-state index contributed by atoms with van der Waals surface area (Å²) >= 11 is 0. The highest BCUT2D eigenvalue weighted by molar-refractivity contribution is 5.76. The van der Waals surface area contributed by atoms with Gasteiger partial charge < -0.3 is 15.3 Å². The summed E-state index contributed by atoms with van der Waals surface area (Å²) in [5.74, 6) is 0.715. The van der Waals surface area contributed by atoms with Crippen LogP contribution in [0.2, 0.25) is 0 Å². The molecular weight excluding hydrogens is 216 g/mol. The summed E-state index contributed by atoms with van der Waals surface area (Å²) in [4.78, 5) is 13.7. The highest BCUT2D eigenvalue weighted by Crippen LogP contribution is 2.32. The second-order valence-corrected chi connectivity index (χ2v) is 5.72. The van der Waals surface area contributed by atoms with Crippen molar-refractivity contribution in [3.8, 4) is 0 Å². The van der Waals surface area contributed by atoms with E-state index < -0.39 is 0 Å². The van der Waals surface area contributed by atoms with Crippen LogP contribution in [-0.2, 0) is 4.79 Å². The average Bonchev–Trinajstić information content (AvgIpc) is 2.66. The van der Waals surface area contributed by atoms with Crippen molar-refractivity contribution in [2.75, 3.05) is 13.7 Å². The first kappa shape index (κ1) is 12.8. The third-order valence-corrected chi connectivity index (χ3v) is 4.35. The number of carbonyl (C=O) groups excluding carboxylic acids is 1. The number of rotatable bonds is 4. The number of hydrogen-bond acceptors (Lipinski definition) is 3. The summed E-state index contributed by atoms with van der Waals surface area (Å²) in [6, 6.07) is 1.22. The summed E-state index contributed by atoms with van der Waals surface area (Å²) in [6.07, 6.45) is 5.49. The Morgan fingerprint density at radius 3 is 2.53 bits per heavy atom. The zero-order valence-corrected chi connectivity index (χ0v) is 10.9. The second-order valence-electron chi connectivity index (χ2n) is 5.72. The van der Waals surface area contributed by atoms with Gasteiger partial charge in [-0.15, -0.1) is 0 Å². The van der Waals surface area contributed by atoms with Crippen LogP contribution in [0.25, 0.3) is 0 Å². The fourth-order valence-corrected chi connectivity index (χ4v) is 3.10. The van der Waals surface area contributed by atoms with Crippen molar-refractivity contribution in [2.24, 2.45) is 5.92 Å². The van der Waals surface area contributed by atoms with Gasteiger partial charge in [0.05, 0.1) is 12.6 Å². The Bertz CT molecular complexity index is 271. The number of amides is 1. The Balaban J connectivity index is 1.82. The first-order valence-corrected chi connectivity index (χ1v) is 6.72. The minimum absolute atomic E-state index is 0.0414. The van der Waals surface area contributed by atoms with Crippen molar-refractivity contribution < 1.29 is 9.90 Å². The molecule has 2 saturated heterocycles. The van der Waals surface area contributed by atoms with E-state index in [1.54, 1.807) is 11.9 Å². The lowest BCUT2D eigenvalue weighted by Crippen LogP contribution is -2.42. The van der Waals surface area contributed by atoms with Gasteiger partial charge in [-0.1, -0.05) is 0 Å². The van der Waals surface area contributed by atoms with Crippen LogP contribution in [0.3, 0.4) is 0 Å². The summed E-state index contributed by atoms with van der Waals surface area (Å²) in [7, 11) is 1.79. The van der Waals surface area contributed by atoms with Crippen molar-refractivity contribution in [1.82, 2.24) is 10.2 Å². The van der Waals surface area contributed by atoms with Gasteiger partial charge in [-0.05, 0) is 38.5 Å². The molecule has 0 aromatic heterocycles. The Hall–Kier alpha value is -0.610. The van der Waals surface area contributed by atoms with Crippen LogP contribution in [0.4, 0.5) is 0 Å². The molecule has 2 fully saturated rings. The van der Waals surface area contributed by atoms with Crippen LogP contribution in [0.5, 0.6) is 0 Å². The van der Waals surface area contributed by atoms with Crippen LogP contribution >= 0.6 is 0 Å². The Morgan fingerprint density at radius 2 is 2.00 bits per heavy atom. The van der Waals surface area contributed by atoms with Gasteiger partial charge in [0.15, 0.2) is 0 Å².